The van der Waals surface area contributed by atoms with Gasteiger partial charge in [-0.05, 0) is 39.6 Å². The highest BCUT2D eigenvalue weighted by Crippen LogP contribution is 2.44. The van der Waals surface area contributed by atoms with Crippen molar-refractivity contribution in [1.29, 1.82) is 0 Å². The van der Waals surface area contributed by atoms with Gasteiger partial charge in [0.05, 0.1) is 23.4 Å². The summed E-state index contributed by atoms with van der Waals surface area (Å²) in [4.78, 5) is 47.5. The number of likely N-dealkylation sites (N-methyl/N-ethyl adjacent to an activating group) is 1. The van der Waals surface area contributed by atoms with Crippen LogP contribution in [-0.4, -0.2) is 87.7 Å². The first-order valence-corrected chi connectivity index (χ1v) is 13.2. The normalized spacial score (nSPS) is 17.6. The number of anilines is 5. The van der Waals surface area contributed by atoms with E-state index in [4.69, 9.17) is 9.72 Å². The fourth-order valence-corrected chi connectivity index (χ4v) is 5.36. The number of aryl methyl sites for hydroxylation is 1. The molecule has 2 aliphatic heterocycles. The van der Waals surface area contributed by atoms with Crippen molar-refractivity contribution in [3.63, 3.8) is 0 Å². The number of fused-ring (bicyclic) bond motifs is 1. The molecule has 1 saturated heterocycles. The van der Waals surface area contributed by atoms with Crippen molar-refractivity contribution in [3.8, 4) is 5.88 Å². The lowest BCUT2D eigenvalue weighted by Gasteiger charge is -2.23. The van der Waals surface area contributed by atoms with E-state index >= 15 is 0 Å². The van der Waals surface area contributed by atoms with Gasteiger partial charge in [-0.3, -0.25) is 15.1 Å². The lowest BCUT2D eigenvalue weighted by Crippen LogP contribution is -2.32. The Labute approximate surface area is 237 Å². The van der Waals surface area contributed by atoms with Crippen molar-refractivity contribution in [3.05, 3.63) is 51.5 Å². The molecule has 3 aromatic rings. The van der Waals surface area contributed by atoms with Crippen LogP contribution in [0.15, 0.2) is 24.4 Å². The van der Waals surface area contributed by atoms with Gasteiger partial charge in [-0.15, -0.1) is 0 Å². The zero-order valence-corrected chi connectivity index (χ0v) is 23.9. The largest absolute Gasteiger partial charge is 0.479 e. The van der Waals surface area contributed by atoms with Crippen LogP contribution in [0.3, 0.4) is 0 Å². The van der Waals surface area contributed by atoms with E-state index in [0.717, 1.165) is 23.5 Å². The number of pyridine rings is 2. The second-order valence-corrected chi connectivity index (χ2v) is 11.1. The Balaban J connectivity index is 1.54. The Hall–Kier alpha value is -4.59. The Morgan fingerprint density at radius 2 is 2.00 bits per heavy atom. The molecule has 1 atom stereocenters. The summed E-state index contributed by atoms with van der Waals surface area (Å²) in [5.74, 6) is -0.620. The summed E-state index contributed by atoms with van der Waals surface area (Å²) in [6.45, 7) is 7.66. The van der Waals surface area contributed by atoms with Gasteiger partial charge in [0.1, 0.15) is 11.3 Å². The van der Waals surface area contributed by atoms with E-state index in [-0.39, 0.29) is 51.9 Å². The molecule has 0 amide bonds. The highest BCUT2D eigenvalue weighted by molar-refractivity contribution is 5.95. The maximum Gasteiger partial charge on any atom is 0.341 e. The van der Waals surface area contributed by atoms with Gasteiger partial charge in [-0.1, -0.05) is 13.8 Å². The van der Waals surface area contributed by atoms with Crippen LogP contribution in [0.4, 0.5) is 34.6 Å². The monoisotopic (exact) mass is 563 g/mol. The van der Waals surface area contributed by atoms with E-state index < -0.39 is 10.9 Å². The predicted octanol–water partition coefficient (Wildman–Crippen LogP) is 3.50. The van der Waals surface area contributed by atoms with Gasteiger partial charge < -0.3 is 29.9 Å². The van der Waals surface area contributed by atoms with Crippen molar-refractivity contribution in [2.75, 3.05) is 56.0 Å². The molecule has 0 unspecified atom stereocenters. The number of nitrogens with zero attached hydrogens (tertiary/aromatic N) is 8. The second-order valence-electron chi connectivity index (χ2n) is 11.1. The first-order valence-electron chi connectivity index (χ1n) is 13.2. The van der Waals surface area contributed by atoms with Gasteiger partial charge in [0.25, 0.3) is 0 Å². The third kappa shape index (κ3) is 5.17. The number of nitrogens with one attached hydrogen (secondary N) is 1. The Morgan fingerprint density at radius 1 is 1.24 bits per heavy atom. The number of aromatic nitrogens is 4. The molecule has 1 fully saturated rings. The number of carbonyl (C=O) groups is 1. The molecule has 0 radical (unpaired) electrons. The first kappa shape index (κ1) is 28.0. The van der Waals surface area contributed by atoms with Crippen molar-refractivity contribution in [2.24, 2.45) is 0 Å². The molecule has 14 nitrogen and oxygen atoms in total. The van der Waals surface area contributed by atoms with Gasteiger partial charge in [0.15, 0.2) is 5.82 Å². The van der Waals surface area contributed by atoms with Crippen LogP contribution in [0.25, 0.3) is 0 Å². The van der Waals surface area contributed by atoms with E-state index in [2.05, 4.69) is 25.2 Å². The third-order valence-corrected chi connectivity index (χ3v) is 7.53. The molecular formula is C27H33N9O5. The summed E-state index contributed by atoms with van der Waals surface area (Å²) in [5.41, 5.74) is 2.01. The van der Waals surface area contributed by atoms with Gasteiger partial charge in [0.2, 0.25) is 17.6 Å². The standard InChI is InChI=1S/C27H33N9O5/c1-15-7-8-19-21(29-15)27(2,3)14-35(19)22-17(25(37)38)12-28-26(32-22)30-18-11-20(36(39)40)23(31-24(18)41-6)34-10-9-16(13-34)33(4)5/h7-8,11-12,16H,9-10,13-14H2,1-6H3,(H,37,38)(H,28,30,32)/t16-/m1/s1. The second kappa shape index (κ2) is 10.4. The topological polar surface area (TPSA) is 163 Å². The number of hydrogen-bond donors (Lipinski definition) is 2. The fourth-order valence-electron chi connectivity index (χ4n) is 5.36. The minimum absolute atomic E-state index is 0.0346. The van der Waals surface area contributed by atoms with Crippen LogP contribution in [0.5, 0.6) is 5.88 Å². The fraction of sp³-hybridized carbons (Fsp3) is 0.444. The quantitative estimate of drug-likeness (QED) is 0.303. The van der Waals surface area contributed by atoms with Crippen molar-refractivity contribution >= 4 is 40.6 Å². The molecule has 14 heteroatoms. The Morgan fingerprint density at radius 3 is 2.63 bits per heavy atom. The molecule has 0 aromatic carbocycles. The molecule has 0 aliphatic carbocycles. The molecule has 0 bridgehead atoms. The van der Waals surface area contributed by atoms with Gasteiger partial charge in [-0.2, -0.15) is 9.97 Å². The molecule has 5 heterocycles. The Bertz CT molecular complexity index is 1530. The van der Waals surface area contributed by atoms with Crippen LogP contribution in [-0.2, 0) is 5.41 Å². The summed E-state index contributed by atoms with van der Waals surface area (Å²) in [5, 5.41) is 25.0. The van der Waals surface area contributed by atoms with Crippen molar-refractivity contribution in [1.82, 2.24) is 24.8 Å². The summed E-state index contributed by atoms with van der Waals surface area (Å²) in [7, 11) is 5.38. The number of aromatic carboxylic acids is 1. The van der Waals surface area contributed by atoms with Crippen LogP contribution < -0.4 is 19.9 Å². The predicted molar refractivity (Wildman–Crippen MR) is 153 cm³/mol. The van der Waals surface area contributed by atoms with Crippen LogP contribution in [0.1, 0.15) is 42.0 Å². The first-order chi connectivity index (χ1) is 19.4. The van der Waals surface area contributed by atoms with E-state index in [1.165, 1.54) is 19.4 Å². The van der Waals surface area contributed by atoms with Gasteiger partial charge in [0, 0.05) is 49.0 Å². The van der Waals surface area contributed by atoms with E-state index in [0.29, 0.717) is 19.6 Å². The number of methoxy groups -OCH3 is 1. The van der Waals surface area contributed by atoms with Crippen LogP contribution in [0.2, 0.25) is 0 Å². The molecular weight excluding hydrogens is 530 g/mol. The smallest absolute Gasteiger partial charge is 0.341 e. The molecule has 2 N–H and O–H groups in total. The number of nitro groups is 1. The summed E-state index contributed by atoms with van der Waals surface area (Å²) in [6.07, 6.45) is 2.07. The summed E-state index contributed by atoms with van der Waals surface area (Å²) < 4.78 is 5.50. The lowest BCUT2D eigenvalue weighted by atomic mass is 9.91. The van der Waals surface area contributed by atoms with Gasteiger partial charge >= 0.3 is 11.7 Å². The highest BCUT2D eigenvalue weighted by atomic mass is 16.6. The zero-order valence-electron chi connectivity index (χ0n) is 23.9. The highest BCUT2D eigenvalue weighted by Gasteiger charge is 2.39. The van der Waals surface area contributed by atoms with Crippen LogP contribution in [0, 0.1) is 17.0 Å². The third-order valence-electron chi connectivity index (χ3n) is 7.53. The number of carboxylic acid groups (broad SMARTS) is 1. The summed E-state index contributed by atoms with van der Waals surface area (Å²) >= 11 is 0. The maximum atomic E-state index is 12.2. The van der Waals surface area contributed by atoms with E-state index in [1.807, 2.05) is 56.8 Å². The molecule has 41 heavy (non-hydrogen) atoms. The zero-order chi connectivity index (χ0) is 29.6. The van der Waals surface area contributed by atoms with Crippen LogP contribution >= 0.6 is 0 Å². The number of carboxylic acids is 1. The van der Waals surface area contributed by atoms with E-state index in [9.17, 15) is 20.0 Å². The Kier molecular flexibility index (Phi) is 7.11. The average Bonchev–Trinajstić information content (AvgIpc) is 3.51. The SMILES string of the molecule is COc1nc(N2CC[C@@H](N(C)C)C2)c([N+](=O)[O-])cc1Nc1ncc(C(=O)O)c(N2CC(C)(C)c3nc(C)ccc32)n1. The molecule has 3 aromatic heterocycles. The number of rotatable bonds is 8. The average molecular weight is 564 g/mol. The summed E-state index contributed by atoms with van der Waals surface area (Å²) in [6, 6.07) is 5.37. The lowest BCUT2D eigenvalue weighted by molar-refractivity contribution is -0.384. The van der Waals surface area contributed by atoms with Crippen molar-refractivity contribution in [2.45, 2.75) is 38.6 Å². The molecule has 2 aliphatic rings. The number of ether oxygens (including phenoxy) is 1. The molecule has 0 spiro atoms. The van der Waals surface area contributed by atoms with Crippen molar-refractivity contribution < 1.29 is 19.6 Å². The van der Waals surface area contributed by atoms with E-state index in [1.54, 1.807) is 0 Å². The number of hydrogen-bond acceptors (Lipinski definition) is 12. The molecule has 216 valence electrons. The minimum atomic E-state index is -1.18. The minimum Gasteiger partial charge on any atom is -0.479 e. The molecule has 0 saturated carbocycles. The maximum absolute atomic E-state index is 12.2. The van der Waals surface area contributed by atoms with Gasteiger partial charge in [-0.25, -0.2) is 9.78 Å². The molecule has 5 rings (SSSR count).